The summed E-state index contributed by atoms with van der Waals surface area (Å²) in [5, 5.41) is 4.16. The van der Waals surface area contributed by atoms with Gasteiger partial charge >= 0.3 is 0 Å². The normalized spacial score (nSPS) is 31.3. The lowest BCUT2D eigenvalue weighted by Gasteiger charge is -2.23. The van der Waals surface area contributed by atoms with Gasteiger partial charge in [0, 0.05) is 0 Å². The van der Waals surface area contributed by atoms with Crippen LogP contribution >= 0.6 is 0 Å². The van der Waals surface area contributed by atoms with Crippen LogP contribution in [0.1, 0.15) is 69.5 Å². The first kappa shape index (κ1) is 13.1. The molecule has 1 aliphatic carbocycles. The Labute approximate surface area is 113 Å². The first-order chi connectivity index (χ1) is 9.17. The van der Waals surface area contributed by atoms with Gasteiger partial charge in [0.15, 0.2) is 5.82 Å². The molecular weight excluding hydrogens is 242 g/mol. The first-order valence-electron chi connectivity index (χ1n) is 7.42. The number of nitrogens with two attached hydrogens (primary N) is 1. The smallest absolute Gasteiger partial charge is 0.232 e. The van der Waals surface area contributed by atoms with E-state index in [4.69, 9.17) is 15.0 Å². The van der Waals surface area contributed by atoms with Gasteiger partial charge in [-0.1, -0.05) is 30.8 Å². The van der Waals surface area contributed by atoms with Crippen LogP contribution in [-0.4, -0.2) is 22.9 Å². The van der Waals surface area contributed by atoms with Crippen LogP contribution in [0.5, 0.6) is 0 Å². The first-order valence-corrected chi connectivity index (χ1v) is 7.42. The van der Waals surface area contributed by atoms with E-state index in [1.54, 1.807) is 0 Å². The molecule has 2 atom stereocenters. The Hall–Kier alpha value is -0.940. The Morgan fingerprint density at radius 3 is 2.58 bits per heavy atom. The van der Waals surface area contributed by atoms with E-state index in [1.165, 1.54) is 12.8 Å². The molecule has 2 unspecified atom stereocenters. The van der Waals surface area contributed by atoms with Crippen molar-refractivity contribution in [3.63, 3.8) is 0 Å². The second-order valence-electron chi connectivity index (χ2n) is 6.10. The number of nitrogens with zero attached hydrogens (tertiary/aromatic N) is 2. The van der Waals surface area contributed by atoms with Crippen molar-refractivity contribution >= 4 is 0 Å². The molecule has 1 saturated carbocycles. The predicted molar refractivity (Wildman–Crippen MR) is 70.6 cm³/mol. The van der Waals surface area contributed by atoms with Crippen molar-refractivity contribution in [2.24, 2.45) is 5.73 Å². The average Bonchev–Trinajstić information content (AvgIpc) is 2.97. The van der Waals surface area contributed by atoms with Crippen LogP contribution in [-0.2, 0) is 10.3 Å². The summed E-state index contributed by atoms with van der Waals surface area (Å²) in [5.74, 6) is 1.64. The van der Waals surface area contributed by atoms with Crippen molar-refractivity contribution in [1.82, 2.24) is 10.1 Å². The summed E-state index contributed by atoms with van der Waals surface area (Å²) in [6, 6.07) is 0. The fourth-order valence-corrected chi connectivity index (χ4v) is 3.18. The number of rotatable bonds is 2. The number of hydrogen-bond donors (Lipinski definition) is 1. The van der Waals surface area contributed by atoms with E-state index in [2.05, 4.69) is 17.1 Å². The molecular formula is C14H23N3O2. The van der Waals surface area contributed by atoms with Crippen molar-refractivity contribution in [2.75, 3.05) is 6.61 Å². The summed E-state index contributed by atoms with van der Waals surface area (Å²) in [6.07, 6.45) is 8.00. The molecule has 0 aromatic carbocycles. The fourth-order valence-electron chi connectivity index (χ4n) is 3.18. The van der Waals surface area contributed by atoms with Gasteiger partial charge in [0.25, 0.3) is 0 Å². The van der Waals surface area contributed by atoms with Crippen LogP contribution in [0.3, 0.4) is 0 Å². The summed E-state index contributed by atoms with van der Waals surface area (Å²) in [7, 11) is 0. The minimum absolute atomic E-state index is 0.241. The summed E-state index contributed by atoms with van der Waals surface area (Å²) in [5.41, 5.74) is 6.12. The van der Waals surface area contributed by atoms with Gasteiger partial charge < -0.3 is 15.0 Å². The molecule has 0 amide bonds. The van der Waals surface area contributed by atoms with Gasteiger partial charge in [-0.2, -0.15) is 4.98 Å². The number of aromatic nitrogens is 2. The van der Waals surface area contributed by atoms with Crippen LogP contribution in [0, 0.1) is 0 Å². The van der Waals surface area contributed by atoms with E-state index in [1.807, 2.05) is 0 Å². The molecule has 2 fully saturated rings. The summed E-state index contributed by atoms with van der Waals surface area (Å²) in [4.78, 5) is 4.58. The molecule has 106 valence electrons. The van der Waals surface area contributed by atoms with Gasteiger partial charge in [0.2, 0.25) is 5.89 Å². The van der Waals surface area contributed by atoms with Crippen molar-refractivity contribution in [2.45, 2.75) is 69.4 Å². The molecule has 1 aromatic rings. The Morgan fingerprint density at radius 1 is 1.21 bits per heavy atom. The van der Waals surface area contributed by atoms with Crippen LogP contribution in [0.4, 0.5) is 0 Å². The molecule has 2 heterocycles. The third-order valence-corrected chi connectivity index (χ3v) is 4.43. The second-order valence-corrected chi connectivity index (χ2v) is 6.10. The van der Waals surface area contributed by atoms with Crippen molar-refractivity contribution < 1.29 is 9.26 Å². The zero-order chi connectivity index (χ0) is 13.3. The SMILES string of the molecule is CC1CC(c2nc(C3(N)CCCCCC3)no2)CO1. The maximum atomic E-state index is 6.50. The van der Waals surface area contributed by atoms with Gasteiger partial charge in [-0.3, -0.25) is 0 Å². The third-order valence-electron chi connectivity index (χ3n) is 4.43. The Balaban J connectivity index is 1.76. The minimum Gasteiger partial charge on any atom is -0.378 e. The highest BCUT2D eigenvalue weighted by Crippen LogP contribution is 2.34. The monoisotopic (exact) mass is 265 g/mol. The Morgan fingerprint density at radius 2 is 1.95 bits per heavy atom. The zero-order valence-electron chi connectivity index (χ0n) is 11.6. The van der Waals surface area contributed by atoms with E-state index in [-0.39, 0.29) is 17.6 Å². The molecule has 3 rings (SSSR count). The number of hydrogen-bond acceptors (Lipinski definition) is 5. The highest BCUT2D eigenvalue weighted by Gasteiger charge is 2.35. The Bertz CT molecular complexity index is 424. The van der Waals surface area contributed by atoms with E-state index in [0.29, 0.717) is 18.3 Å². The lowest BCUT2D eigenvalue weighted by atomic mass is 9.91. The molecule has 1 aliphatic heterocycles. The van der Waals surface area contributed by atoms with Crippen LogP contribution < -0.4 is 5.73 Å². The fraction of sp³-hybridized carbons (Fsp3) is 0.857. The lowest BCUT2D eigenvalue weighted by molar-refractivity contribution is 0.122. The van der Waals surface area contributed by atoms with Crippen molar-refractivity contribution in [3.05, 3.63) is 11.7 Å². The van der Waals surface area contributed by atoms with E-state index in [9.17, 15) is 0 Å². The van der Waals surface area contributed by atoms with Crippen LogP contribution in [0.15, 0.2) is 4.52 Å². The number of ether oxygens (including phenoxy) is 1. The molecule has 5 nitrogen and oxygen atoms in total. The molecule has 0 bridgehead atoms. The van der Waals surface area contributed by atoms with Crippen LogP contribution in [0.2, 0.25) is 0 Å². The molecule has 0 radical (unpaired) electrons. The lowest BCUT2D eigenvalue weighted by Crippen LogP contribution is -2.37. The van der Waals surface area contributed by atoms with Gasteiger partial charge in [0.1, 0.15) is 0 Å². The van der Waals surface area contributed by atoms with Gasteiger partial charge in [0.05, 0.1) is 24.2 Å². The summed E-state index contributed by atoms with van der Waals surface area (Å²) in [6.45, 7) is 2.76. The topological polar surface area (TPSA) is 74.2 Å². The molecule has 1 aromatic heterocycles. The third kappa shape index (κ3) is 2.67. The summed E-state index contributed by atoms with van der Waals surface area (Å²) >= 11 is 0. The molecule has 0 spiro atoms. The van der Waals surface area contributed by atoms with E-state index in [0.717, 1.165) is 32.1 Å². The van der Waals surface area contributed by atoms with Crippen LogP contribution in [0.25, 0.3) is 0 Å². The standard InChI is InChI=1S/C14H23N3O2/c1-10-8-11(9-18-10)12-16-13(17-19-12)14(15)6-4-2-3-5-7-14/h10-11H,2-9,15H2,1H3. The molecule has 2 aliphatic rings. The quantitative estimate of drug-likeness (QED) is 0.831. The molecule has 2 N–H and O–H groups in total. The summed E-state index contributed by atoms with van der Waals surface area (Å²) < 4.78 is 11.0. The maximum absolute atomic E-state index is 6.50. The van der Waals surface area contributed by atoms with Gasteiger partial charge in [-0.05, 0) is 26.2 Å². The predicted octanol–water partition coefficient (Wildman–Crippen LogP) is 2.47. The zero-order valence-corrected chi connectivity index (χ0v) is 11.6. The minimum atomic E-state index is -0.386. The van der Waals surface area contributed by atoms with Gasteiger partial charge in [-0.25, -0.2) is 0 Å². The highest BCUT2D eigenvalue weighted by atomic mass is 16.5. The molecule has 5 heteroatoms. The Kier molecular flexibility index (Phi) is 3.58. The van der Waals surface area contributed by atoms with E-state index < -0.39 is 0 Å². The second kappa shape index (κ2) is 5.21. The average molecular weight is 265 g/mol. The maximum Gasteiger partial charge on any atom is 0.232 e. The van der Waals surface area contributed by atoms with Gasteiger partial charge in [-0.15, -0.1) is 0 Å². The van der Waals surface area contributed by atoms with E-state index >= 15 is 0 Å². The molecule has 1 saturated heterocycles. The largest absolute Gasteiger partial charge is 0.378 e. The molecule has 19 heavy (non-hydrogen) atoms. The van der Waals surface area contributed by atoms with Crippen molar-refractivity contribution in [1.29, 1.82) is 0 Å². The van der Waals surface area contributed by atoms with Crippen molar-refractivity contribution in [3.8, 4) is 0 Å². The highest BCUT2D eigenvalue weighted by molar-refractivity contribution is 5.07.